The summed E-state index contributed by atoms with van der Waals surface area (Å²) in [7, 11) is 0. The Balaban J connectivity index is 1.29. The summed E-state index contributed by atoms with van der Waals surface area (Å²) in [5.41, 5.74) is 5.11. The first kappa shape index (κ1) is 22.8. The highest BCUT2D eigenvalue weighted by Gasteiger charge is 2.15. The first-order chi connectivity index (χ1) is 19.8. The molecule has 0 amide bonds. The Morgan fingerprint density at radius 1 is 0.475 bits per heavy atom. The quantitative estimate of drug-likeness (QED) is 0.228. The van der Waals surface area contributed by atoms with Crippen molar-refractivity contribution in [2.45, 2.75) is 0 Å². The Labute approximate surface area is 234 Å². The number of rotatable bonds is 4. The molecule has 188 valence electrons. The van der Waals surface area contributed by atoms with Gasteiger partial charge >= 0.3 is 0 Å². The molecular formula is C35H22N4S. The second-order valence-electron chi connectivity index (χ2n) is 9.74. The van der Waals surface area contributed by atoms with Gasteiger partial charge in [-0.15, -0.1) is 11.3 Å². The van der Waals surface area contributed by atoms with E-state index in [-0.39, 0.29) is 0 Å². The highest BCUT2D eigenvalue weighted by Crippen LogP contribution is 2.39. The molecule has 3 aromatic heterocycles. The third kappa shape index (κ3) is 3.79. The molecule has 0 fully saturated rings. The largest absolute Gasteiger partial charge is 0.317 e. The minimum Gasteiger partial charge on any atom is -0.317 e. The fraction of sp³-hybridized carbons (Fsp3) is 0. The molecule has 0 atom stereocenters. The molecule has 0 spiro atoms. The molecule has 40 heavy (non-hydrogen) atoms. The van der Waals surface area contributed by atoms with Crippen molar-refractivity contribution in [3.8, 4) is 39.9 Å². The summed E-state index contributed by atoms with van der Waals surface area (Å²) in [5, 5.41) is 3.90. The van der Waals surface area contributed by atoms with Gasteiger partial charge in [0, 0.05) is 54.1 Å². The minimum atomic E-state index is 0.650. The molecule has 0 aliphatic heterocycles. The smallest absolute Gasteiger partial charge is 0.164 e. The Kier molecular flexibility index (Phi) is 5.28. The van der Waals surface area contributed by atoms with Crippen molar-refractivity contribution in [1.29, 1.82) is 0 Å². The van der Waals surface area contributed by atoms with Crippen LogP contribution in [0.25, 0.3) is 70.9 Å². The zero-order chi connectivity index (χ0) is 26.5. The SMILES string of the molecule is c1ccc(-c2nc(-c3ccccc3)nc(-c3cccc(-n4ccc5c6c(ccc54)sc4ccccc46)c3)n2)cc1. The molecule has 0 bridgehead atoms. The average molecular weight is 531 g/mol. The topological polar surface area (TPSA) is 43.6 Å². The Morgan fingerprint density at radius 2 is 1.10 bits per heavy atom. The van der Waals surface area contributed by atoms with Crippen LogP contribution < -0.4 is 0 Å². The summed E-state index contributed by atoms with van der Waals surface area (Å²) >= 11 is 1.85. The number of hydrogen-bond acceptors (Lipinski definition) is 4. The van der Waals surface area contributed by atoms with Crippen molar-refractivity contribution in [1.82, 2.24) is 19.5 Å². The summed E-state index contributed by atoms with van der Waals surface area (Å²) in [5.74, 6) is 1.97. The third-order valence-electron chi connectivity index (χ3n) is 7.29. The molecule has 5 aromatic carbocycles. The van der Waals surface area contributed by atoms with E-state index in [0.717, 1.165) is 22.4 Å². The second-order valence-corrected chi connectivity index (χ2v) is 10.8. The van der Waals surface area contributed by atoms with E-state index in [1.54, 1.807) is 0 Å². The second kappa shape index (κ2) is 9.26. The molecule has 0 unspecified atom stereocenters. The van der Waals surface area contributed by atoms with Gasteiger partial charge < -0.3 is 4.57 Å². The molecule has 0 aliphatic rings. The number of nitrogens with zero attached hydrogens (tertiary/aromatic N) is 4. The van der Waals surface area contributed by atoms with Crippen LogP contribution in [0.1, 0.15) is 0 Å². The first-order valence-electron chi connectivity index (χ1n) is 13.2. The van der Waals surface area contributed by atoms with E-state index in [4.69, 9.17) is 15.0 Å². The zero-order valence-electron chi connectivity index (χ0n) is 21.4. The van der Waals surface area contributed by atoms with Gasteiger partial charge in [-0.25, -0.2) is 15.0 Å². The van der Waals surface area contributed by atoms with Gasteiger partial charge in [-0.2, -0.15) is 0 Å². The van der Waals surface area contributed by atoms with Crippen molar-refractivity contribution < 1.29 is 0 Å². The van der Waals surface area contributed by atoms with E-state index >= 15 is 0 Å². The van der Waals surface area contributed by atoms with Gasteiger partial charge in [-0.3, -0.25) is 0 Å². The average Bonchev–Trinajstić information content (AvgIpc) is 3.63. The van der Waals surface area contributed by atoms with Gasteiger partial charge in [-0.05, 0) is 36.4 Å². The highest BCUT2D eigenvalue weighted by molar-refractivity contribution is 7.26. The number of hydrogen-bond donors (Lipinski definition) is 0. The van der Waals surface area contributed by atoms with E-state index in [1.807, 2.05) is 72.0 Å². The number of aromatic nitrogens is 4. The van der Waals surface area contributed by atoms with Crippen LogP contribution >= 0.6 is 11.3 Å². The summed E-state index contributed by atoms with van der Waals surface area (Å²) < 4.78 is 4.88. The van der Waals surface area contributed by atoms with Crippen LogP contribution in [0.2, 0.25) is 0 Å². The lowest BCUT2D eigenvalue weighted by Gasteiger charge is -2.10. The van der Waals surface area contributed by atoms with Crippen LogP contribution in [-0.2, 0) is 0 Å². The van der Waals surface area contributed by atoms with Crippen LogP contribution in [-0.4, -0.2) is 19.5 Å². The Hall–Kier alpha value is -5.13. The fourth-order valence-corrected chi connectivity index (χ4v) is 6.52. The Morgan fingerprint density at radius 3 is 1.82 bits per heavy atom. The molecule has 0 radical (unpaired) electrons. The lowest BCUT2D eigenvalue weighted by Crippen LogP contribution is -2.00. The lowest BCUT2D eigenvalue weighted by atomic mass is 10.1. The molecular weight excluding hydrogens is 508 g/mol. The molecule has 0 saturated heterocycles. The molecule has 4 nitrogen and oxygen atoms in total. The summed E-state index contributed by atoms with van der Waals surface area (Å²) in [6.45, 7) is 0. The van der Waals surface area contributed by atoms with Gasteiger partial charge in [-0.1, -0.05) is 91.0 Å². The molecule has 0 saturated carbocycles. The van der Waals surface area contributed by atoms with Crippen LogP contribution in [0.4, 0.5) is 0 Å². The summed E-state index contributed by atoms with van der Waals surface area (Å²) in [6, 6.07) is 44.0. The van der Waals surface area contributed by atoms with E-state index < -0.39 is 0 Å². The molecule has 5 heteroatoms. The monoisotopic (exact) mass is 530 g/mol. The van der Waals surface area contributed by atoms with Gasteiger partial charge in [0.25, 0.3) is 0 Å². The maximum Gasteiger partial charge on any atom is 0.164 e. The van der Waals surface area contributed by atoms with Crippen molar-refractivity contribution in [2.75, 3.05) is 0 Å². The van der Waals surface area contributed by atoms with Gasteiger partial charge in [0.1, 0.15) is 0 Å². The normalized spacial score (nSPS) is 11.5. The lowest BCUT2D eigenvalue weighted by molar-refractivity contribution is 1.07. The first-order valence-corrected chi connectivity index (χ1v) is 14.0. The fourth-order valence-electron chi connectivity index (χ4n) is 5.40. The van der Waals surface area contributed by atoms with E-state index in [2.05, 4.69) is 77.5 Å². The maximum absolute atomic E-state index is 4.92. The van der Waals surface area contributed by atoms with Crippen molar-refractivity contribution >= 4 is 42.4 Å². The molecule has 8 rings (SSSR count). The molecule has 0 N–H and O–H groups in total. The summed E-state index contributed by atoms with van der Waals surface area (Å²) in [4.78, 5) is 14.7. The van der Waals surface area contributed by atoms with E-state index in [1.165, 1.54) is 31.1 Å². The molecule has 0 aliphatic carbocycles. The van der Waals surface area contributed by atoms with Gasteiger partial charge in [0.05, 0.1) is 5.52 Å². The van der Waals surface area contributed by atoms with E-state index in [9.17, 15) is 0 Å². The zero-order valence-corrected chi connectivity index (χ0v) is 22.2. The van der Waals surface area contributed by atoms with Crippen molar-refractivity contribution in [2.24, 2.45) is 0 Å². The van der Waals surface area contributed by atoms with Crippen LogP contribution in [0.3, 0.4) is 0 Å². The predicted molar refractivity (Wildman–Crippen MR) is 166 cm³/mol. The van der Waals surface area contributed by atoms with Crippen LogP contribution in [0, 0.1) is 0 Å². The van der Waals surface area contributed by atoms with Gasteiger partial charge in [0.15, 0.2) is 17.5 Å². The standard InChI is InChI=1S/C35H22N4S/c1-3-10-23(11-4-1)33-36-34(24-12-5-2-6-13-24)38-35(37-33)25-14-9-15-26(22-25)39-21-20-27-29(39)18-19-31-32(27)28-16-7-8-17-30(28)40-31/h1-22H. The Bertz CT molecular complexity index is 2100. The molecule has 3 heterocycles. The van der Waals surface area contributed by atoms with Crippen molar-refractivity contribution in [3.05, 3.63) is 134 Å². The highest BCUT2D eigenvalue weighted by atomic mass is 32.1. The third-order valence-corrected chi connectivity index (χ3v) is 8.43. The minimum absolute atomic E-state index is 0.650. The number of fused-ring (bicyclic) bond motifs is 5. The maximum atomic E-state index is 4.92. The summed E-state index contributed by atoms with van der Waals surface area (Å²) in [6.07, 6.45) is 2.16. The van der Waals surface area contributed by atoms with Crippen LogP contribution in [0.5, 0.6) is 0 Å². The van der Waals surface area contributed by atoms with Crippen molar-refractivity contribution in [3.63, 3.8) is 0 Å². The van der Waals surface area contributed by atoms with Crippen LogP contribution in [0.15, 0.2) is 134 Å². The predicted octanol–water partition coefficient (Wildman–Crippen LogP) is 9.18. The number of benzene rings is 5. The molecule has 8 aromatic rings. The van der Waals surface area contributed by atoms with Gasteiger partial charge in [0.2, 0.25) is 0 Å². The van der Waals surface area contributed by atoms with E-state index in [0.29, 0.717) is 17.5 Å². The number of thiophene rings is 1.